The highest BCUT2D eigenvalue weighted by Gasteiger charge is 2.32. The highest BCUT2D eigenvalue weighted by atomic mass is 16.5. The Morgan fingerprint density at radius 1 is 1.42 bits per heavy atom. The van der Waals surface area contributed by atoms with Crippen LogP contribution < -0.4 is 4.74 Å². The Bertz CT molecular complexity index is 430. The molecule has 1 fully saturated rings. The van der Waals surface area contributed by atoms with E-state index in [1.807, 2.05) is 36.1 Å². The molecule has 1 saturated heterocycles. The summed E-state index contributed by atoms with van der Waals surface area (Å²) in [6, 6.07) is 7.89. The molecule has 1 amide bonds. The van der Waals surface area contributed by atoms with E-state index in [9.17, 15) is 4.79 Å². The van der Waals surface area contributed by atoms with Gasteiger partial charge in [0.25, 0.3) is 0 Å². The van der Waals surface area contributed by atoms with Crippen molar-refractivity contribution < 1.29 is 14.6 Å². The summed E-state index contributed by atoms with van der Waals surface area (Å²) in [6.07, 6.45) is 1.26. The molecule has 2 rings (SSSR count). The molecular formula is C15H21NO3. The van der Waals surface area contributed by atoms with Crippen molar-refractivity contribution in [2.45, 2.75) is 25.8 Å². The number of likely N-dealkylation sites (tertiary alicyclic amines) is 1. The molecule has 1 heterocycles. The molecule has 0 aliphatic carbocycles. The van der Waals surface area contributed by atoms with E-state index in [4.69, 9.17) is 9.84 Å². The van der Waals surface area contributed by atoms with E-state index in [0.717, 1.165) is 17.9 Å². The molecule has 1 aliphatic heterocycles. The Labute approximate surface area is 114 Å². The molecule has 0 saturated carbocycles. The molecule has 1 aliphatic rings. The van der Waals surface area contributed by atoms with Crippen molar-refractivity contribution in [2.24, 2.45) is 5.92 Å². The zero-order valence-corrected chi connectivity index (χ0v) is 11.5. The largest absolute Gasteiger partial charge is 0.497 e. The van der Waals surface area contributed by atoms with E-state index >= 15 is 0 Å². The fourth-order valence-electron chi connectivity index (χ4n) is 2.62. The van der Waals surface area contributed by atoms with Crippen LogP contribution in [0.15, 0.2) is 24.3 Å². The van der Waals surface area contributed by atoms with Crippen LogP contribution in [0.4, 0.5) is 0 Å². The van der Waals surface area contributed by atoms with E-state index < -0.39 is 0 Å². The first-order valence-corrected chi connectivity index (χ1v) is 6.70. The molecule has 0 bridgehead atoms. The number of hydrogen-bond donors (Lipinski definition) is 1. The van der Waals surface area contributed by atoms with Crippen molar-refractivity contribution in [1.29, 1.82) is 0 Å². The molecule has 2 atom stereocenters. The molecular weight excluding hydrogens is 242 g/mol. The first-order valence-electron chi connectivity index (χ1n) is 6.70. The van der Waals surface area contributed by atoms with Crippen molar-refractivity contribution in [3.63, 3.8) is 0 Å². The predicted octanol–water partition coefficient (Wildman–Crippen LogP) is 1.99. The van der Waals surface area contributed by atoms with Crippen LogP contribution in [0.25, 0.3) is 0 Å². The van der Waals surface area contributed by atoms with E-state index in [1.165, 1.54) is 0 Å². The predicted molar refractivity (Wildman–Crippen MR) is 72.9 cm³/mol. The van der Waals surface area contributed by atoms with Gasteiger partial charge in [-0.05, 0) is 37.0 Å². The van der Waals surface area contributed by atoms with Gasteiger partial charge in [-0.25, -0.2) is 0 Å². The van der Waals surface area contributed by atoms with Gasteiger partial charge in [0, 0.05) is 19.6 Å². The summed E-state index contributed by atoms with van der Waals surface area (Å²) >= 11 is 0. The van der Waals surface area contributed by atoms with Crippen LogP contribution in [0, 0.1) is 5.92 Å². The van der Waals surface area contributed by atoms with Crippen LogP contribution in [0.2, 0.25) is 0 Å². The molecule has 1 aromatic rings. The molecule has 4 nitrogen and oxygen atoms in total. The number of nitrogens with zero attached hydrogens (tertiary/aromatic N) is 1. The van der Waals surface area contributed by atoms with E-state index in [0.29, 0.717) is 12.8 Å². The molecule has 19 heavy (non-hydrogen) atoms. The van der Waals surface area contributed by atoms with E-state index in [2.05, 4.69) is 0 Å². The number of methoxy groups -OCH3 is 1. The molecule has 0 unspecified atom stereocenters. The van der Waals surface area contributed by atoms with Gasteiger partial charge < -0.3 is 14.7 Å². The highest BCUT2D eigenvalue weighted by Crippen LogP contribution is 2.30. The van der Waals surface area contributed by atoms with Gasteiger partial charge in [0.1, 0.15) is 5.75 Å². The molecule has 0 spiro atoms. The monoisotopic (exact) mass is 263 g/mol. The number of carbonyl (C=O) groups is 1. The summed E-state index contributed by atoms with van der Waals surface area (Å²) in [5, 5.41) is 8.97. The average Bonchev–Trinajstić information content (AvgIpc) is 2.79. The van der Waals surface area contributed by atoms with Crippen molar-refractivity contribution in [2.75, 3.05) is 20.3 Å². The van der Waals surface area contributed by atoms with Gasteiger partial charge in [0.15, 0.2) is 0 Å². The summed E-state index contributed by atoms with van der Waals surface area (Å²) in [6.45, 7) is 2.94. The zero-order chi connectivity index (χ0) is 13.8. The normalized spacial score (nSPS) is 20.7. The third kappa shape index (κ3) is 3.07. The Balaban J connectivity index is 2.06. The Morgan fingerprint density at radius 2 is 2.11 bits per heavy atom. The van der Waals surface area contributed by atoms with Gasteiger partial charge in [0.05, 0.1) is 13.2 Å². The van der Waals surface area contributed by atoms with Crippen molar-refractivity contribution in [3.05, 3.63) is 29.8 Å². The van der Waals surface area contributed by atoms with Crippen molar-refractivity contribution in [3.8, 4) is 5.75 Å². The van der Waals surface area contributed by atoms with Gasteiger partial charge in [-0.2, -0.15) is 0 Å². The smallest absolute Gasteiger partial charge is 0.223 e. The Morgan fingerprint density at radius 3 is 2.68 bits per heavy atom. The number of amides is 1. The van der Waals surface area contributed by atoms with Gasteiger partial charge in [-0.15, -0.1) is 0 Å². The average molecular weight is 263 g/mol. The maximum atomic E-state index is 12.0. The SMILES string of the molecule is COc1ccc([C@@H](C)N2C[C@H](CCO)CC2=O)cc1. The number of carbonyl (C=O) groups excluding carboxylic acids is 1. The van der Waals surface area contributed by atoms with Gasteiger partial charge in [0.2, 0.25) is 5.91 Å². The van der Waals surface area contributed by atoms with Crippen molar-refractivity contribution >= 4 is 5.91 Å². The van der Waals surface area contributed by atoms with E-state index in [-0.39, 0.29) is 24.5 Å². The third-order valence-corrected chi connectivity index (χ3v) is 3.84. The maximum absolute atomic E-state index is 12.0. The Hall–Kier alpha value is -1.55. The second-order valence-electron chi connectivity index (χ2n) is 5.08. The second-order valence-corrected chi connectivity index (χ2v) is 5.08. The molecule has 4 heteroatoms. The standard InChI is InChI=1S/C15H21NO3/c1-11(13-3-5-14(19-2)6-4-13)16-10-12(7-8-17)9-15(16)18/h3-6,11-12,17H,7-10H2,1-2H3/t11-,12-/m1/s1. The minimum atomic E-state index is 0.0714. The topological polar surface area (TPSA) is 49.8 Å². The third-order valence-electron chi connectivity index (χ3n) is 3.84. The molecule has 1 aromatic carbocycles. The number of aliphatic hydroxyl groups is 1. The number of benzene rings is 1. The number of hydrogen-bond acceptors (Lipinski definition) is 3. The number of aliphatic hydroxyl groups excluding tert-OH is 1. The lowest BCUT2D eigenvalue weighted by Crippen LogP contribution is -2.28. The fourth-order valence-corrected chi connectivity index (χ4v) is 2.62. The van der Waals surface area contributed by atoms with Gasteiger partial charge in [-0.3, -0.25) is 4.79 Å². The molecule has 0 aromatic heterocycles. The van der Waals surface area contributed by atoms with Crippen molar-refractivity contribution in [1.82, 2.24) is 4.90 Å². The van der Waals surface area contributed by atoms with Gasteiger partial charge in [-0.1, -0.05) is 12.1 Å². The fraction of sp³-hybridized carbons (Fsp3) is 0.533. The van der Waals surface area contributed by atoms with E-state index in [1.54, 1.807) is 7.11 Å². The zero-order valence-electron chi connectivity index (χ0n) is 11.5. The van der Waals surface area contributed by atoms with Crippen LogP contribution >= 0.6 is 0 Å². The van der Waals surface area contributed by atoms with Crippen LogP contribution in [0.3, 0.4) is 0 Å². The molecule has 0 radical (unpaired) electrons. The summed E-state index contributed by atoms with van der Waals surface area (Å²) in [5.41, 5.74) is 1.11. The lowest BCUT2D eigenvalue weighted by molar-refractivity contribution is -0.129. The number of ether oxygens (including phenoxy) is 1. The summed E-state index contributed by atoms with van der Waals surface area (Å²) in [4.78, 5) is 13.9. The minimum Gasteiger partial charge on any atom is -0.497 e. The molecule has 1 N–H and O–H groups in total. The summed E-state index contributed by atoms with van der Waals surface area (Å²) < 4.78 is 5.14. The quantitative estimate of drug-likeness (QED) is 0.883. The van der Waals surface area contributed by atoms with Gasteiger partial charge >= 0.3 is 0 Å². The number of rotatable bonds is 5. The summed E-state index contributed by atoms with van der Waals surface area (Å²) in [7, 11) is 1.64. The van der Waals surface area contributed by atoms with Crippen LogP contribution in [0.5, 0.6) is 5.75 Å². The van der Waals surface area contributed by atoms with Crippen LogP contribution in [0.1, 0.15) is 31.4 Å². The molecule has 104 valence electrons. The second kappa shape index (κ2) is 6.06. The maximum Gasteiger partial charge on any atom is 0.223 e. The lowest BCUT2D eigenvalue weighted by Gasteiger charge is -2.25. The van der Waals surface area contributed by atoms with Crippen LogP contribution in [-0.2, 0) is 4.79 Å². The Kier molecular flexibility index (Phi) is 4.43. The highest BCUT2D eigenvalue weighted by molar-refractivity contribution is 5.79. The first kappa shape index (κ1) is 13.9. The van der Waals surface area contributed by atoms with Crippen LogP contribution in [-0.4, -0.2) is 36.2 Å². The lowest BCUT2D eigenvalue weighted by atomic mass is 10.1. The summed E-state index contributed by atoms with van der Waals surface area (Å²) in [5.74, 6) is 1.29. The minimum absolute atomic E-state index is 0.0714. The first-order chi connectivity index (χ1) is 9.15.